The molecule has 1 N–H and O–H groups in total. The van der Waals surface area contributed by atoms with E-state index in [1.807, 2.05) is 6.07 Å². The minimum atomic E-state index is -3.53. The van der Waals surface area contributed by atoms with E-state index in [-0.39, 0.29) is 23.9 Å². The average Bonchev–Trinajstić information content (AvgIpc) is 3.23. The normalized spacial score (nSPS) is 15.2. The summed E-state index contributed by atoms with van der Waals surface area (Å²) in [4.78, 5) is 0.280. The Morgan fingerprint density at radius 2 is 2.11 bits per heavy atom. The molecule has 6 heteroatoms. The number of benzene rings is 1. The molecule has 0 aliphatic heterocycles. The highest BCUT2D eigenvalue weighted by Gasteiger charge is 2.38. The smallest absolute Gasteiger partial charge is 0.245 e. The van der Waals surface area contributed by atoms with E-state index in [4.69, 9.17) is 5.26 Å². The number of nitriles is 1. The molecule has 1 aliphatic rings. The van der Waals surface area contributed by atoms with Crippen LogP contribution in [-0.4, -0.2) is 32.4 Å². The molecule has 0 spiro atoms. The second-order valence-electron chi connectivity index (χ2n) is 4.50. The van der Waals surface area contributed by atoms with Crippen molar-refractivity contribution in [2.75, 3.05) is 18.9 Å². The van der Waals surface area contributed by atoms with Gasteiger partial charge in [-0.2, -0.15) is 9.57 Å². The molecule has 0 amide bonds. The zero-order chi connectivity index (χ0) is 13.9. The third-order valence-electron chi connectivity index (χ3n) is 3.14. The lowest BCUT2D eigenvalue weighted by molar-refractivity contribution is 0.411. The van der Waals surface area contributed by atoms with Gasteiger partial charge in [0.25, 0.3) is 0 Å². The van der Waals surface area contributed by atoms with Crippen molar-refractivity contribution in [3.8, 4) is 6.07 Å². The zero-order valence-corrected chi connectivity index (χ0v) is 11.7. The standard InChI is InChI=1S/C13H17N3O2S/c1-15-12-5-2-3-6-13(12)19(17,18)16(10-4-9-14)11-7-8-11/h2-3,5-6,11,15H,4,7-8,10H2,1H3. The van der Waals surface area contributed by atoms with Gasteiger partial charge in [0.2, 0.25) is 10.0 Å². The van der Waals surface area contributed by atoms with Crippen LogP contribution in [0.3, 0.4) is 0 Å². The van der Waals surface area contributed by atoms with Crippen molar-refractivity contribution in [1.29, 1.82) is 5.26 Å². The maximum absolute atomic E-state index is 12.7. The Morgan fingerprint density at radius 1 is 1.42 bits per heavy atom. The van der Waals surface area contributed by atoms with Crippen molar-refractivity contribution in [1.82, 2.24) is 4.31 Å². The number of rotatable bonds is 6. The van der Waals surface area contributed by atoms with Crippen molar-refractivity contribution >= 4 is 15.7 Å². The topological polar surface area (TPSA) is 73.2 Å². The van der Waals surface area contributed by atoms with E-state index in [1.54, 1.807) is 31.3 Å². The Labute approximate surface area is 113 Å². The summed E-state index contributed by atoms with van der Waals surface area (Å²) in [5.74, 6) is 0. The highest BCUT2D eigenvalue weighted by Crippen LogP contribution is 2.34. The molecule has 1 aromatic carbocycles. The van der Waals surface area contributed by atoms with Gasteiger partial charge in [0.1, 0.15) is 4.90 Å². The second-order valence-corrected chi connectivity index (χ2v) is 6.36. The summed E-state index contributed by atoms with van der Waals surface area (Å²) in [6, 6.07) is 8.91. The van der Waals surface area contributed by atoms with Gasteiger partial charge in [-0.15, -0.1) is 0 Å². The monoisotopic (exact) mass is 279 g/mol. The molecule has 1 aromatic rings. The van der Waals surface area contributed by atoms with Crippen LogP contribution in [0.15, 0.2) is 29.2 Å². The van der Waals surface area contributed by atoms with Gasteiger partial charge < -0.3 is 5.32 Å². The van der Waals surface area contributed by atoms with Gasteiger partial charge in [-0.1, -0.05) is 12.1 Å². The molecular weight excluding hydrogens is 262 g/mol. The Bertz CT molecular complexity index is 588. The fourth-order valence-corrected chi connectivity index (χ4v) is 3.93. The zero-order valence-electron chi connectivity index (χ0n) is 10.8. The number of anilines is 1. The Balaban J connectivity index is 2.36. The summed E-state index contributed by atoms with van der Waals surface area (Å²) >= 11 is 0. The van der Waals surface area contributed by atoms with Gasteiger partial charge in [0.15, 0.2) is 0 Å². The Hall–Kier alpha value is -1.58. The van der Waals surface area contributed by atoms with Crippen molar-refractivity contribution in [2.45, 2.75) is 30.2 Å². The summed E-state index contributed by atoms with van der Waals surface area (Å²) in [7, 11) is -1.83. The predicted molar refractivity (Wildman–Crippen MR) is 73.1 cm³/mol. The van der Waals surface area contributed by atoms with Crippen LogP contribution in [0.4, 0.5) is 5.69 Å². The van der Waals surface area contributed by atoms with E-state index in [1.165, 1.54) is 4.31 Å². The minimum absolute atomic E-state index is 0.0586. The number of nitrogens with zero attached hydrogens (tertiary/aromatic N) is 2. The van der Waals surface area contributed by atoms with Gasteiger partial charge in [0, 0.05) is 26.1 Å². The average molecular weight is 279 g/mol. The first-order valence-electron chi connectivity index (χ1n) is 6.27. The summed E-state index contributed by atoms with van der Waals surface area (Å²) in [6.45, 7) is 0.265. The van der Waals surface area contributed by atoms with Gasteiger partial charge in [-0.3, -0.25) is 0 Å². The molecule has 0 atom stereocenters. The van der Waals surface area contributed by atoms with Crippen LogP contribution >= 0.6 is 0 Å². The van der Waals surface area contributed by atoms with Crippen LogP contribution in [0.25, 0.3) is 0 Å². The molecule has 5 nitrogen and oxygen atoms in total. The molecule has 1 fully saturated rings. The van der Waals surface area contributed by atoms with E-state index >= 15 is 0 Å². The van der Waals surface area contributed by atoms with Crippen LogP contribution in [0.1, 0.15) is 19.3 Å². The molecule has 19 heavy (non-hydrogen) atoms. The quantitative estimate of drug-likeness (QED) is 0.861. The van der Waals surface area contributed by atoms with Crippen LogP contribution < -0.4 is 5.32 Å². The molecule has 0 unspecified atom stereocenters. The van der Waals surface area contributed by atoms with E-state index < -0.39 is 10.0 Å². The van der Waals surface area contributed by atoms with E-state index in [9.17, 15) is 8.42 Å². The molecule has 0 aromatic heterocycles. The first-order valence-corrected chi connectivity index (χ1v) is 7.71. The lowest BCUT2D eigenvalue weighted by Gasteiger charge is -2.22. The van der Waals surface area contributed by atoms with Gasteiger partial charge in [-0.05, 0) is 25.0 Å². The molecule has 0 heterocycles. The first-order chi connectivity index (χ1) is 9.11. The second kappa shape index (κ2) is 5.59. The molecule has 102 valence electrons. The number of sulfonamides is 1. The van der Waals surface area contributed by atoms with Crippen molar-refractivity contribution < 1.29 is 8.42 Å². The third-order valence-corrected chi connectivity index (χ3v) is 5.15. The minimum Gasteiger partial charge on any atom is -0.387 e. The van der Waals surface area contributed by atoms with Crippen LogP contribution in [0.2, 0.25) is 0 Å². The van der Waals surface area contributed by atoms with Gasteiger partial charge >= 0.3 is 0 Å². The fourth-order valence-electron chi connectivity index (χ4n) is 2.05. The highest BCUT2D eigenvalue weighted by atomic mass is 32.2. The number of nitrogens with one attached hydrogen (secondary N) is 1. The van der Waals surface area contributed by atoms with Crippen LogP contribution in [0.5, 0.6) is 0 Å². The molecule has 2 rings (SSSR count). The highest BCUT2D eigenvalue weighted by molar-refractivity contribution is 7.89. The predicted octanol–water partition coefficient (Wildman–Crippen LogP) is 1.80. The number of hydrogen-bond donors (Lipinski definition) is 1. The number of para-hydroxylation sites is 1. The van der Waals surface area contributed by atoms with E-state index in [2.05, 4.69) is 5.32 Å². The molecule has 0 saturated heterocycles. The first kappa shape index (κ1) is 13.8. The lowest BCUT2D eigenvalue weighted by Crippen LogP contribution is -2.34. The lowest BCUT2D eigenvalue weighted by atomic mass is 10.3. The summed E-state index contributed by atoms with van der Waals surface area (Å²) in [6.07, 6.45) is 1.98. The molecule has 0 bridgehead atoms. The van der Waals surface area contributed by atoms with Crippen LogP contribution in [0, 0.1) is 11.3 Å². The van der Waals surface area contributed by atoms with Crippen molar-refractivity contribution in [3.63, 3.8) is 0 Å². The SMILES string of the molecule is CNc1ccccc1S(=O)(=O)N(CCC#N)C1CC1. The maximum atomic E-state index is 12.7. The Morgan fingerprint density at radius 3 is 2.68 bits per heavy atom. The molecular formula is C13H17N3O2S. The molecule has 1 aliphatic carbocycles. The molecule has 0 radical (unpaired) electrons. The summed E-state index contributed by atoms with van der Waals surface area (Å²) < 4.78 is 26.8. The van der Waals surface area contributed by atoms with Crippen molar-refractivity contribution in [3.05, 3.63) is 24.3 Å². The molecule has 1 saturated carbocycles. The summed E-state index contributed by atoms with van der Waals surface area (Å²) in [5, 5.41) is 11.6. The summed E-state index contributed by atoms with van der Waals surface area (Å²) in [5.41, 5.74) is 0.588. The van der Waals surface area contributed by atoms with Gasteiger partial charge in [0.05, 0.1) is 11.8 Å². The fraction of sp³-hybridized carbons (Fsp3) is 0.462. The van der Waals surface area contributed by atoms with E-state index in [0.29, 0.717) is 5.69 Å². The third kappa shape index (κ3) is 2.88. The maximum Gasteiger partial charge on any atom is 0.245 e. The van der Waals surface area contributed by atoms with E-state index in [0.717, 1.165) is 12.8 Å². The van der Waals surface area contributed by atoms with Gasteiger partial charge in [-0.25, -0.2) is 8.42 Å². The van der Waals surface area contributed by atoms with Crippen LogP contribution in [-0.2, 0) is 10.0 Å². The Kier molecular flexibility index (Phi) is 4.08. The largest absolute Gasteiger partial charge is 0.387 e. The van der Waals surface area contributed by atoms with Crippen molar-refractivity contribution in [2.24, 2.45) is 0 Å². The number of hydrogen-bond acceptors (Lipinski definition) is 4.